The fraction of sp³-hybridized carbons (Fsp3) is 0.167. The van der Waals surface area contributed by atoms with Gasteiger partial charge in [0.05, 0.1) is 0 Å². The molecule has 0 radical (unpaired) electrons. The molecule has 0 saturated heterocycles. The largest absolute Gasteiger partial charge is 0.352 e. The van der Waals surface area contributed by atoms with Crippen LogP contribution in [0.4, 0.5) is 10.1 Å². The molecule has 0 spiro atoms. The third-order valence-electron chi connectivity index (χ3n) is 4.79. The fourth-order valence-corrected chi connectivity index (χ4v) is 2.94. The summed E-state index contributed by atoms with van der Waals surface area (Å²) in [4.78, 5) is 24.9. The van der Waals surface area contributed by atoms with E-state index in [2.05, 4.69) is 10.6 Å². The smallest absolute Gasteiger partial charge is 0.255 e. The van der Waals surface area contributed by atoms with Gasteiger partial charge >= 0.3 is 0 Å². The lowest BCUT2D eigenvalue weighted by molar-refractivity contribution is 0.0954. The molecule has 0 unspecified atom stereocenters. The van der Waals surface area contributed by atoms with Crippen LogP contribution in [0.1, 0.15) is 37.4 Å². The second kappa shape index (κ2) is 9.15. The van der Waals surface area contributed by atoms with Crippen molar-refractivity contribution in [1.82, 2.24) is 5.32 Å². The zero-order chi connectivity index (χ0) is 20.8. The number of benzene rings is 3. The number of hydrogen-bond acceptors (Lipinski definition) is 2. The molecule has 0 heterocycles. The summed E-state index contributed by atoms with van der Waals surface area (Å²) in [6.07, 6.45) is 0.394. The van der Waals surface area contributed by atoms with Gasteiger partial charge in [0.15, 0.2) is 0 Å². The second-order valence-corrected chi connectivity index (χ2v) is 6.93. The van der Waals surface area contributed by atoms with Gasteiger partial charge in [0.1, 0.15) is 5.82 Å². The van der Waals surface area contributed by atoms with Crippen LogP contribution < -0.4 is 10.6 Å². The van der Waals surface area contributed by atoms with E-state index < -0.39 is 0 Å². The molecule has 2 N–H and O–H groups in total. The van der Waals surface area contributed by atoms with Gasteiger partial charge < -0.3 is 10.6 Å². The van der Waals surface area contributed by atoms with Gasteiger partial charge in [0.25, 0.3) is 11.8 Å². The summed E-state index contributed by atoms with van der Waals surface area (Å²) in [6, 6.07) is 18.7. The molecular weight excluding hydrogens is 367 g/mol. The zero-order valence-corrected chi connectivity index (χ0v) is 16.5. The predicted octanol–water partition coefficient (Wildman–Crippen LogP) is 4.67. The third-order valence-corrected chi connectivity index (χ3v) is 4.79. The molecule has 3 aromatic rings. The summed E-state index contributed by atoms with van der Waals surface area (Å²) in [5.74, 6) is -0.872. The van der Waals surface area contributed by atoms with Gasteiger partial charge in [-0.25, -0.2) is 4.39 Å². The van der Waals surface area contributed by atoms with E-state index in [4.69, 9.17) is 0 Å². The van der Waals surface area contributed by atoms with Crippen molar-refractivity contribution in [3.8, 4) is 0 Å². The van der Waals surface area contributed by atoms with Crippen LogP contribution in [0.5, 0.6) is 0 Å². The molecule has 0 aliphatic carbocycles. The molecule has 3 rings (SSSR count). The highest BCUT2D eigenvalue weighted by Gasteiger charge is 2.11. The van der Waals surface area contributed by atoms with Crippen molar-refractivity contribution in [3.05, 3.63) is 100 Å². The summed E-state index contributed by atoms with van der Waals surface area (Å²) >= 11 is 0. The van der Waals surface area contributed by atoms with Gasteiger partial charge in [0.2, 0.25) is 0 Å². The zero-order valence-electron chi connectivity index (χ0n) is 16.5. The number of nitrogens with one attached hydrogen (secondary N) is 2. The molecule has 0 bridgehead atoms. The van der Waals surface area contributed by atoms with E-state index >= 15 is 0 Å². The molecule has 5 heteroatoms. The minimum absolute atomic E-state index is 0.283. The Hall–Kier alpha value is -3.47. The Morgan fingerprint density at radius 2 is 1.55 bits per heavy atom. The number of hydrogen-bond donors (Lipinski definition) is 2. The van der Waals surface area contributed by atoms with Gasteiger partial charge in [-0.1, -0.05) is 30.3 Å². The van der Waals surface area contributed by atoms with Crippen LogP contribution in [-0.2, 0) is 6.42 Å². The average Bonchev–Trinajstić information content (AvgIpc) is 2.72. The molecule has 4 nitrogen and oxygen atoms in total. The molecule has 0 aliphatic heterocycles. The van der Waals surface area contributed by atoms with Crippen LogP contribution in [0.3, 0.4) is 0 Å². The van der Waals surface area contributed by atoms with Crippen molar-refractivity contribution in [2.24, 2.45) is 0 Å². The van der Waals surface area contributed by atoms with Crippen molar-refractivity contribution < 1.29 is 14.0 Å². The fourth-order valence-electron chi connectivity index (χ4n) is 2.94. The summed E-state index contributed by atoms with van der Waals surface area (Å²) in [7, 11) is 0. The van der Waals surface area contributed by atoms with Crippen molar-refractivity contribution in [1.29, 1.82) is 0 Å². The van der Waals surface area contributed by atoms with Crippen LogP contribution in [0, 0.1) is 19.7 Å². The quantitative estimate of drug-likeness (QED) is 0.643. The molecule has 0 saturated carbocycles. The van der Waals surface area contributed by atoms with Gasteiger partial charge in [-0.15, -0.1) is 0 Å². The van der Waals surface area contributed by atoms with Gasteiger partial charge in [-0.05, 0) is 73.4 Å². The highest BCUT2D eigenvalue weighted by atomic mass is 19.1. The first-order valence-electron chi connectivity index (χ1n) is 9.44. The topological polar surface area (TPSA) is 58.2 Å². The van der Waals surface area contributed by atoms with Crippen LogP contribution in [0.2, 0.25) is 0 Å². The first-order valence-corrected chi connectivity index (χ1v) is 9.44. The number of amides is 2. The van der Waals surface area contributed by atoms with E-state index in [-0.39, 0.29) is 17.6 Å². The number of carbonyl (C=O) groups excluding carboxylic acids is 2. The van der Waals surface area contributed by atoms with Crippen LogP contribution >= 0.6 is 0 Å². The Morgan fingerprint density at radius 1 is 0.828 bits per heavy atom. The second-order valence-electron chi connectivity index (χ2n) is 6.93. The Bertz CT molecular complexity index is 1050. The van der Waals surface area contributed by atoms with E-state index in [0.29, 0.717) is 35.3 Å². The standard InChI is InChI=1S/C24H23FN2O2/c1-16-10-11-21(14-17(16)2)27-24(29)20-8-5-7-19(15-20)23(28)26-13-12-18-6-3-4-9-22(18)25/h3-11,14-15H,12-13H2,1-2H3,(H,26,28)(H,27,29). The summed E-state index contributed by atoms with van der Waals surface area (Å²) in [6.45, 7) is 4.30. The average molecular weight is 390 g/mol. The number of aryl methyl sites for hydroxylation is 2. The maximum Gasteiger partial charge on any atom is 0.255 e. The van der Waals surface area contributed by atoms with Gasteiger partial charge in [-0.2, -0.15) is 0 Å². The summed E-state index contributed by atoms with van der Waals surface area (Å²) < 4.78 is 13.6. The van der Waals surface area contributed by atoms with E-state index in [1.807, 2.05) is 32.0 Å². The Kier molecular flexibility index (Phi) is 6.39. The van der Waals surface area contributed by atoms with E-state index in [1.54, 1.807) is 42.5 Å². The van der Waals surface area contributed by atoms with Crippen molar-refractivity contribution in [2.75, 3.05) is 11.9 Å². The lowest BCUT2D eigenvalue weighted by Gasteiger charge is -2.09. The van der Waals surface area contributed by atoms with Crippen molar-refractivity contribution >= 4 is 17.5 Å². The van der Waals surface area contributed by atoms with Crippen LogP contribution in [0.25, 0.3) is 0 Å². The Balaban J connectivity index is 1.62. The molecule has 0 aliphatic rings. The molecule has 2 amide bonds. The molecule has 148 valence electrons. The Labute approximate surface area is 169 Å². The van der Waals surface area contributed by atoms with Crippen molar-refractivity contribution in [3.63, 3.8) is 0 Å². The van der Waals surface area contributed by atoms with Crippen molar-refractivity contribution in [2.45, 2.75) is 20.3 Å². The first kappa shape index (κ1) is 20.3. The monoisotopic (exact) mass is 390 g/mol. The SMILES string of the molecule is Cc1ccc(NC(=O)c2cccc(C(=O)NCCc3ccccc3F)c2)cc1C. The number of rotatable bonds is 6. The Morgan fingerprint density at radius 3 is 2.28 bits per heavy atom. The lowest BCUT2D eigenvalue weighted by Crippen LogP contribution is -2.26. The van der Waals surface area contributed by atoms with E-state index in [1.165, 1.54) is 6.07 Å². The molecule has 0 fully saturated rings. The van der Waals surface area contributed by atoms with E-state index in [9.17, 15) is 14.0 Å². The van der Waals surface area contributed by atoms with Crippen LogP contribution in [-0.4, -0.2) is 18.4 Å². The van der Waals surface area contributed by atoms with Gasteiger partial charge in [0, 0.05) is 23.4 Å². The van der Waals surface area contributed by atoms with Gasteiger partial charge in [-0.3, -0.25) is 9.59 Å². The summed E-state index contributed by atoms with van der Waals surface area (Å²) in [5.41, 5.74) is 4.27. The lowest BCUT2D eigenvalue weighted by atomic mass is 10.1. The highest BCUT2D eigenvalue weighted by molar-refractivity contribution is 6.06. The molecule has 29 heavy (non-hydrogen) atoms. The molecule has 0 aromatic heterocycles. The maximum atomic E-state index is 13.6. The predicted molar refractivity (Wildman–Crippen MR) is 113 cm³/mol. The minimum atomic E-state index is -0.304. The van der Waals surface area contributed by atoms with Crippen LogP contribution in [0.15, 0.2) is 66.7 Å². The minimum Gasteiger partial charge on any atom is -0.352 e. The normalized spacial score (nSPS) is 10.4. The van der Waals surface area contributed by atoms with E-state index in [0.717, 1.165) is 11.1 Å². The summed E-state index contributed by atoms with van der Waals surface area (Å²) in [5, 5.41) is 5.62. The third kappa shape index (κ3) is 5.29. The molecule has 3 aromatic carbocycles. The molecular formula is C24H23FN2O2. The maximum absolute atomic E-state index is 13.6. The number of halogens is 1. The molecule has 0 atom stereocenters. The highest BCUT2D eigenvalue weighted by Crippen LogP contribution is 2.16. The number of carbonyl (C=O) groups is 2. The first-order chi connectivity index (χ1) is 13.9. The number of anilines is 1.